The van der Waals surface area contributed by atoms with Crippen molar-refractivity contribution in [3.8, 4) is 0 Å². The lowest BCUT2D eigenvalue weighted by Gasteiger charge is -2.30. The van der Waals surface area contributed by atoms with Crippen LogP contribution in [0, 0.1) is 23.7 Å². The van der Waals surface area contributed by atoms with E-state index in [9.17, 15) is 4.79 Å². The summed E-state index contributed by atoms with van der Waals surface area (Å²) in [5.74, 6) is 2.77. The summed E-state index contributed by atoms with van der Waals surface area (Å²) < 4.78 is 0. The van der Waals surface area contributed by atoms with E-state index in [0.717, 1.165) is 24.7 Å². The van der Waals surface area contributed by atoms with Crippen molar-refractivity contribution in [1.29, 1.82) is 0 Å². The van der Waals surface area contributed by atoms with E-state index in [0.29, 0.717) is 11.7 Å². The zero-order chi connectivity index (χ0) is 21.0. The lowest BCUT2D eigenvalue weighted by molar-refractivity contribution is -0.127. The Morgan fingerprint density at radius 3 is 1.35 bits per heavy atom. The number of Topliss-reactive ketones (excluding diaryl/α,β-unsaturated/α-hetero) is 1. The van der Waals surface area contributed by atoms with Gasteiger partial charge in [0.2, 0.25) is 0 Å². The first-order valence-corrected chi connectivity index (χ1v) is 11.9. The van der Waals surface area contributed by atoms with Crippen LogP contribution in [0.5, 0.6) is 0 Å². The van der Waals surface area contributed by atoms with Crippen molar-refractivity contribution >= 4 is 5.78 Å². The minimum absolute atomic E-state index is 0.232. The molecule has 160 valence electrons. The molecule has 1 saturated carbocycles. The second-order valence-corrected chi connectivity index (χ2v) is 8.12. The van der Waals surface area contributed by atoms with Crippen LogP contribution in [-0.4, -0.2) is 5.78 Å². The van der Waals surface area contributed by atoms with Crippen LogP contribution >= 0.6 is 0 Å². The number of unbranched alkanes of at least 4 members (excludes halogenated alkanes) is 4. The summed E-state index contributed by atoms with van der Waals surface area (Å²) in [4.78, 5) is 11.8. The highest BCUT2D eigenvalue weighted by Crippen LogP contribution is 2.34. The molecule has 0 saturated heterocycles. The van der Waals surface area contributed by atoms with E-state index in [1.165, 1.54) is 51.4 Å². The van der Waals surface area contributed by atoms with Gasteiger partial charge in [-0.1, -0.05) is 108 Å². The molecule has 26 heavy (non-hydrogen) atoms. The maximum absolute atomic E-state index is 11.8. The Kier molecular flexibility index (Phi) is 26.6. The van der Waals surface area contributed by atoms with Crippen LogP contribution in [0.3, 0.4) is 0 Å². The highest BCUT2D eigenvalue weighted by Gasteiger charge is 2.28. The molecular weight excluding hydrogens is 316 g/mol. The second-order valence-electron chi connectivity index (χ2n) is 8.12. The molecule has 1 heteroatoms. The smallest absolute Gasteiger partial charge is 0.138 e. The van der Waals surface area contributed by atoms with Gasteiger partial charge in [0.15, 0.2) is 0 Å². The SMILES string of the molecule is CC.CC(C)C(=O)C1CCC(C(C)C)CC1.CCCC.CCCCCC. The average molecular weight is 371 g/mol. The number of carbonyl (C=O) groups excluding carboxylic acids is 1. The summed E-state index contributed by atoms with van der Waals surface area (Å²) in [6.07, 6.45) is 13.0. The zero-order valence-electron chi connectivity index (χ0n) is 20.3. The minimum atomic E-state index is 0.232. The Morgan fingerprint density at radius 2 is 1.12 bits per heavy atom. The molecule has 1 nitrogen and oxygen atoms in total. The standard InChI is InChI=1S/C13H24O.C6H14.C4H10.C2H6/c1-9(2)11-5-7-12(8-6-11)13(14)10(3)4;1-3-5-6-4-2;1-3-4-2;1-2/h9-12H,5-8H2,1-4H3;3-6H2,1-2H3;3-4H2,1-2H3;1-2H3. The van der Waals surface area contributed by atoms with Gasteiger partial charge in [-0.15, -0.1) is 0 Å². The lowest BCUT2D eigenvalue weighted by atomic mass is 9.74. The maximum atomic E-state index is 11.8. The van der Waals surface area contributed by atoms with E-state index >= 15 is 0 Å². The maximum Gasteiger partial charge on any atom is 0.138 e. The quantitative estimate of drug-likeness (QED) is 0.408. The van der Waals surface area contributed by atoms with E-state index < -0.39 is 0 Å². The van der Waals surface area contributed by atoms with Crippen molar-refractivity contribution < 1.29 is 4.79 Å². The van der Waals surface area contributed by atoms with Gasteiger partial charge in [-0.25, -0.2) is 0 Å². The Balaban J connectivity index is -0.000000367. The molecule has 0 aliphatic heterocycles. The minimum Gasteiger partial charge on any atom is -0.299 e. The normalized spacial score (nSPS) is 18.8. The molecule has 0 N–H and O–H groups in total. The largest absolute Gasteiger partial charge is 0.299 e. The van der Waals surface area contributed by atoms with E-state index in [2.05, 4.69) is 41.5 Å². The highest BCUT2D eigenvalue weighted by atomic mass is 16.1. The van der Waals surface area contributed by atoms with Crippen LogP contribution in [0.1, 0.15) is 133 Å². The molecule has 0 aromatic heterocycles. The fourth-order valence-electron chi connectivity index (χ4n) is 3.04. The van der Waals surface area contributed by atoms with Gasteiger partial charge in [0.1, 0.15) is 5.78 Å². The molecule has 1 fully saturated rings. The van der Waals surface area contributed by atoms with Gasteiger partial charge in [0.05, 0.1) is 0 Å². The molecule has 1 aliphatic rings. The van der Waals surface area contributed by atoms with E-state index in [4.69, 9.17) is 0 Å². The second kappa shape index (κ2) is 22.7. The molecule has 0 amide bonds. The highest BCUT2D eigenvalue weighted by molar-refractivity contribution is 5.82. The molecule has 0 heterocycles. The molecule has 0 aromatic rings. The van der Waals surface area contributed by atoms with Crippen LogP contribution in [0.4, 0.5) is 0 Å². The fourth-order valence-corrected chi connectivity index (χ4v) is 3.04. The van der Waals surface area contributed by atoms with E-state index in [1.807, 2.05) is 27.7 Å². The van der Waals surface area contributed by atoms with Crippen molar-refractivity contribution in [2.45, 2.75) is 133 Å². The Hall–Kier alpha value is -0.330. The van der Waals surface area contributed by atoms with Crippen molar-refractivity contribution in [2.24, 2.45) is 23.7 Å². The van der Waals surface area contributed by atoms with Crippen LogP contribution in [0.2, 0.25) is 0 Å². The third kappa shape index (κ3) is 18.5. The summed E-state index contributed by atoms with van der Waals surface area (Å²) in [5, 5.41) is 0. The van der Waals surface area contributed by atoms with Gasteiger partial charge in [0, 0.05) is 11.8 Å². The molecule has 0 atom stereocenters. The van der Waals surface area contributed by atoms with Gasteiger partial charge in [-0.2, -0.15) is 0 Å². The predicted molar refractivity (Wildman–Crippen MR) is 122 cm³/mol. The van der Waals surface area contributed by atoms with Crippen molar-refractivity contribution in [3.63, 3.8) is 0 Å². The average Bonchev–Trinajstić information content (AvgIpc) is 2.68. The van der Waals surface area contributed by atoms with Gasteiger partial charge in [0.25, 0.3) is 0 Å². The Labute approximate surface area is 168 Å². The topological polar surface area (TPSA) is 17.1 Å². The number of hydrogen-bond acceptors (Lipinski definition) is 1. The van der Waals surface area contributed by atoms with Crippen LogP contribution in [-0.2, 0) is 4.79 Å². The van der Waals surface area contributed by atoms with Gasteiger partial charge >= 0.3 is 0 Å². The molecule has 1 rings (SSSR count). The third-order valence-electron chi connectivity index (χ3n) is 5.14. The van der Waals surface area contributed by atoms with Crippen molar-refractivity contribution in [1.82, 2.24) is 0 Å². The fraction of sp³-hybridized carbons (Fsp3) is 0.960. The Bertz CT molecular complexity index is 253. The number of ketones is 1. The van der Waals surface area contributed by atoms with Crippen molar-refractivity contribution in [3.05, 3.63) is 0 Å². The third-order valence-corrected chi connectivity index (χ3v) is 5.14. The van der Waals surface area contributed by atoms with Crippen LogP contribution in [0.25, 0.3) is 0 Å². The molecule has 0 unspecified atom stereocenters. The molecule has 1 aliphatic carbocycles. The van der Waals surface area contributed by atoms with E-state index in [1.54, 1.807) is 0 Å². The van der Waals surface area contributed by atoms with E-state index in [-0.39, 0.29) is 5.92 Å². The lowest BCUT2D eigenvalue weighted by Crippen LogP contribution is -2.26. The van der Waals surface area contributed by atoms with Crippen LogP contribution in [0.15, 0.2) is 0 Å². The number of rotatable bonds is 7. The Morgan fingerprint density at radius 1 is 0.731 bits per heavy atom. The zero-order valence-corrected chi connectivity index (χ0v) is 20.3. The monoisotopic (exact) mass is 370 g/mol. The predicted octanol–water partition coefficient (Wildman–Crippen LogP) is 9.09. The summed E-state index contributed by atoms with van der Waals surface area (Å²) in [7, 11) is 0. The summed E-state index contributed by atoms with van der Waals surface area (Å²) >= 11 is 0. The van der Waals surface area contributed by atoms with Crippen LogP contribution < -0.4 is 0 Å². The molecular formula is C25H54O. The van der Waals surface area contributed by atoms with Gasteiger partial charge in [-0.3, -0.25) is 4.79 Å². The molecule has 0 radical (unpaired) electrons. The summed E-state index contributed by atoms with van der Waals surface area (Å²) in [6.45, 7) is 21.5. The van der Waals surface area contributed by atoms with Gasteiger partial charge < -0.3 is 0 Å². The molecule has 0 aromatic carbocycles. The number of carbonyl (C=O) groups is 1. The summed E-state index contributed by atoms with van der Waals surface area (Å²) in [5.41, 5.74) is 0. The first-order valence-electron chi connectivity index (χ1n) is 11.9. The van der Waals surface area contributed by atoms with Crippen molar-refractivity contribution in [2.75, 3.05) is 0 Å². The van der Waals surface area contributed by atoms with Gasteiger partial charge in [-0.05, 0) is 37.5 Å². The first-order chi connectivity index (χ1) is 12.3. The summed E-state index contributed by atoms with van der Waals surface area (Å²) in [6, 6.07) is 0. The first kappa shape index (κ1) is 30.4. The number of hydrogen-bond donors (Lipinski definition) is 0. The molecule has 0 bridgehead atoms. The molecule has 0 spiro atoms.